The molecule has 0 bridgehead atoms. The van der Waals surface area contributed by atoms with Crippen molar-refractivity contribution in [2.24, 2.45) is 11.7 Å². The molecule has 1 aliphatic heterocycles. The molecule has 0 saturated carbocycles. The van der Waals surface area contributed by atoms with Gasteiger partial charge in [0.15, 0.2) is 0 Å². The van der Waals surface area contributed by atoms with Crippen molar-refractivity contribution in [3.8, 4) is 0 Å². The van der Waals surface area contributed by atoms with Crippen LogP contribution in [0.1, 0.15) is 24.4 Å². The average molecular weight is 267 g/mol. The Bertz CT molecular complexity index is 518. The number of pyridine rings is 1. The van der Waals surface area contributed by atoms with Crippen LogP contribution < -0.4 is 10.6 Å². The minimum atomic E-state index is 0.135. The lowest BCUT2D eigenvalue weighted by molar-refractivity contribution is 0.345. The molecule has 2 N–H and O–H groups in total. The molecule has 3 rings (SSSR count). The topological polar surface area (TPSA) is 42.1 Å². The Labute approximate surface area is 120 Å². The van der Waals surface area contributed by atoms with Gasteiger partial charge in [0.1, 0.15) is 0 Å². The summed E-state index contributed by atoms with van der Waals surface area (Å²) in [5.74, 6) is 0.567. The Morgan fingerprint density at radius 1 is 1.00 bits per heavy atom. The molecule has 1 unspecified atom stereocenters. The maximum atomic E-state index is 6.41. The van der Waals surface area contributed by atoms with Gasteiger partial charge in [-0.2, -0.15) is 0 Å². The first-order valence-corrected chi connectivity index (χ1v) is 7.30. The van der Waals surface area contributed by atoms with E-state index in [2.05, 4.69) is 40.2 Å². The number of hydrogen-bond donors (Lipinski definition) is 1. The summed E-state index contributed by atoms with van der Waals surface area (Å²) in [5.41, 5.74) is 8.94. The number of aromatic nitrogens is 1. The van der Waals surface area contributed by atoms with Gasteiger partial charge in [-0.15, -0.1) is 0 Å². The Kier molecular flexibility index (Phi) is 3.97. The number of hydrogen-bond acceptors (Lipinski definition) is 3. The molecule has 1 aliphatic rings. The van der Waals surface area contributed by atoms with Crippen molar-refractivity contribution in [3.05, 3.63) is 60.4 Å². The van der Waals surface area contributed by atoms with E-state index in [-0.39, 0.29) is 6.04 Å². The highest BCUT2D eigenvalue weighted by Gasteiger charge is 2.25. The zero-order valence-electron chi connectivity index (χ0n) is 11.7. The molecule has 2 aromatic rings. The first-order chi connectivity index (χ1) is 9.84. The van der Waals surface area contributed by atoms with Crippen LogP contribution >= 0.6 is 0 Å². The fraction of sp³-hybridized carbons (Fsp3) is 0.353. The van der Waals surface area contributed by atoms with Crippen LogP contribution in [0, 0.1) is 5.92 Å². The summed E-state index contributed by atoms with van der Waals surface area (Å²) in [7, 11) is 0. The highest BCUT2D eigenvalue weighted by molar-refractivity contribution is 5.46. The molecule has 3 heteroatoms. The molecule has 20 heavy (non-hydrogen) atoms. The monoisotopic (exact) mass is 267 g/mol. The number of piperidine rings is 1. The van der Waals surface area contributed by atoms with Crippen molar-refractivity contribution in [3.63, 3.8) is 0 Å². The maximum Gasteiger partial charge on any atom is 0.0366 e. The van der Waals surface area contributed by atoms with Crippen molar-refractivity contribution in [2.45, 2.75) is 18.9 Å². The molecule has 1 fully saturated rings. The van der Waals surface area contributed by atoms with Crippen molar-refractivity contribution in [2.75, 3.05) is 18.0 Å². The molecule has 0 aliphatic carbocycles. The third-order valence-corrected chi connectivity index (χ3v) is 4.26. The van der Waals surface area contributed by atoms with Crippen LogP contribution in [-0.4, -0.2) is 18.1 Å². The largest absolute Gasteiger partial charge is 0.372 e. The highest BCUT2D eigenvalue weighted by atomic mass is 15.1. The maximum absolute atomic E-state index is 6.41. The summed E-state index contributed by atoms with van der Waals surface area (Å²) in [5, 5.41) is 0. The quantitative estimate of drug-likeness (QED) is 0.929. The van der Waals surface area contributed by atoms with Crippen LogP contribution in [0.25, 0.3) is 0 Å². The van der Waals surface area contributed by atoms with Crippen molar-refractivity contribution >= 4 is 5.69 Å². The molecule has 0 spiro atoms. The van der Waals surface area contributed by atoms with E-state index >= 15 is 0 Å². The molecule has 3 nitrogen and oxygen atoms in total. The van der Waals surface area contributed by atoms with Crippen LogP contribution in [0.2, 0.25) is 0 Å². The number of rotatable bonds is 3. The number of benzene rings is 1. The van der Waals surface area contributed by atoms with Gasteiger partial charge in [-0.3, -0.25) is 4.98 Å². The molecular weight excluding hydrogens is 246 g/mol. The Balaban J connectivity index is 1.61. The molecule has 1 aromatic heterocycles. The smallest absolute Gasteiger partial charge is 0.0366 e. The minimum absolute atomic E-state index is 0.135. The second-order valence-corrected chi connectivity index (χ2v) is 5.47. The fourth-order valence-electron chi connectivity index (χ4n) is 3.01. The minimum Gasteiger partial charge on any atom is -0.372 e. The standard InChI is InChI=1S/C17H21N3/c18-17(14-6-10-19-11-7-14)15-8-12-20(13-9-15)16-4-2-1-3-5-16/h1-7,10-11,15,17H,8-9,12-13,18H2. The molecule has 0 radical (unpaired) electrons. The van der Waals surface area contributed by atoms with Gasteiger partial charge in [-0.25, -0.2) is 0 Å². The van der Waals surface area contributed by atoms with E-state index in [1.165, 1.54) is 11.3 Å². The molecule has 104 valence electrons. The predicted octanol–water partition coefficient (Wildman–Crippen LogP) is 3.00. The third kappa shape index (κ3) is 2.83. The lowest BCUT2D eigenvalue weighted by Gasteiger charge is -2.36. The zero-order valence-corrected chi connectivity index (χ0v) is 11.7. The SMILES string of the molecule is NC(c1ccncc1)C1CCN(c2ccccc2)CC1. The normalized spacial score (nSPS) is 17.9. The zero-order chi connectivity index (χ0) is 13.8. The number of nitrogens with two attached hydrogens (primary N) is 1. The fourth-order valence-corrected chi connectivity index (χ4v) is 3.01. The van der Waals surface area contributed by atoms with E-state index in [4.69, 9.17) is 5.73 Å². The Morgan fingerprint density at radius 3 is 2.30 bits per heavy atom. The second kappa shape index (κ2) is 6.06. The first kappa shape index (κ1) is 13.1. The van der Waals surface area contributed by atoms with E-state index in [9.17, 15) is 0 Å². The van der Waals surface area contributed by atoms with Gasteiger partial charge in [0.25, 0.3) is 0 Å². The van der Waals surface area contributed by atoms with E-state index in [0.29, 0.717) is 5.92 Å². The second-order valence-electron chi connectivity index (χ2n) is 5.47. The van der Waals surface area contributed by atoms with Gasteiger partial charge in [-0.05, 0) is 48.6 Å². The summed E-state index contributed by atoms with van der Waals surface area (Å²) in [4.78, 5) is 6.51. The summed E-state index contributed by atoms with van der Waals surface area (Å²) in [6.45, 7) is 2.18. The van der Waals surface area contributed by atoms with Crippen LogP contribution in [0.4, 0.5) is 5.69 Å². The Hall–Kier alpha value is -1.87. The first-order valence-electron chi connectivity index (χ1n) is 7.30. The van der Waals surface area contributed by atoms with Crippen LogP contribution in [0.15, 0.2) is 54.9 Å². The van der Waals surface area contributed by atoms with Gasteiger partial charge in [-0.1, -0.05) is 18.2 Å². The van der Waals surface area contributed by atoms with Crippen molar-refractivity contribution in [1.82, 2.24) is 4.98 Å². The lowest BCUT2D eigenvalue weighted by Crippen LogP contribution is -2.37. The lowest BCUT2D eigenvalue weighted by atomic mass is 9.86. The van der Waals surface area contributed by atoms with Crippen LogP contribution in [-0.2, 0) is 0 Å². The average Bonchev–Trinajstić information content (AvgIpc) is 2.56. The van der Waals surface area contributed by atoms with Gasteiger partial charge in [0, 0.05) is 37.2 Å². The van der Waals surface area contributed by atoms with Gasteiger partial charge in [0.2, 0.25) is 0 Å². The van der Waals surface area contributed by atoms with Crippen LogP contribution in [0.3, 0.4) is 0 Å². The molecule has 2 heterocycles. The summed E-state index contributed by atoms with van der Waals surface area (Å²) in [6, 6.07) is 14.8. The summed E-state index contributed by atoms with van der Waals surface area (Å²) < 4.78 is 0. The number of para-hydroxylation sites is 1. The van der Waals surface area contributed by atoms with Gasteiger partial charge >= 0.3 is 0 Å². The molecule has 1 atom stereocenters. The van der Waals surface area contributed by atoms with E-state index < -0.39 is 0 Å². The predicted molar refractivity (Wildman–Crippen MR) is 82.5 cm³/mol. The summed E-state index contributed by atoms with van der Waals surface area (Å²) in [6.07, 6.45) is 5.96. The highest BCUT2D eigenvalue weighted by Crippen LogP contribution is 2.30. The van der Waals surface area contributed by atoms with E-state index in [1.54, 1.807) is 0 Å². The number of nitrogens with zero attached hydrogens (tertiary/aromatic N) is 2. The van der Waals surface area contributed by atoms with Crippen molar-refractivity contribution in [1.29, 1.82) is 0 Å². The third-order valence-electron chi connectivity index (χ3n) is 4.26. The van der Waals surface area contributed by atoms with Gasteiger partial charge < -0.3 is 10.6 Å². The van der Waals surface area contributed by atoms with Crippen molar-refractivity contribution < 1.29 is 0 Å². The van der Waals surface area contributed by atoms with E-state index in [0.717, 1.165) is 25.9 Å². The van der Waals surface area contributed by atoms with E-state index in [1.807, 2.05) is 24.5 Å². The molecular formula is C17H21N3. The van der Waals surface area contributed by atoms with Gasteiger partial charge in [0.05, 0.1) is 0 Å². The Morgan fingerprint density at radius 2 is 1.65 bits per heavy atom. The summed E-state index contributed by atoms with van der Waals surface area (Å²) >= 11 is 0. The molecule has 0 amide bonds. The van der Waals surface area contributed by atoms with Crippen LogP contribution in [0.5, 0.6) is 0 Å². The number of anilines is 1. The molecule has 1 saturated heterocycles. The molecule has 1 aromatic carbocycles.